The SMILES string of the molecule is C[C@]1(Cc2ccc3c(c2)OCO3)NC(=O)N(CC(=O)c2ccc(-c3ccccc3)cc2)C1=O. The van der Waals surface area contributed by atoms with Crippen LogP contribution in [0.3, 0.4) is 0 Å². The summed E-state index contributed by atoms with van der Waals surface area (Å²) in [6.45, 7) is 1.51. The van der Waals surface area contributed by atoms with E-state index in [-0.39, 0.29) is 25.5 Å². The first-order chi connectivity index (χ1) is 15.9. The van der Waals surface area contributed by atoms with Gasteiger partial charge in [-0.25, -0.2) is 4.79 Å². The summed E-state index contributed by atoms with van der Waals surface area (Å²) in [5.74, 6) is 0.528. The van der Waals surface area contributed by atoms with Gasteiger partial charge in [-0.15, -0.1) is 0 Å². The topological polar surface area (TPSA) is 84.9 Å². The van der Waals surface area contributed by atoms with Crippen LogP contribution in [0.5, 0.6) is 11.5 Å². The zero-order valence-corrected chi connectivity index (χ0v) is 18.0. The number of Topliss-reactive ketones (excluding diaryl/α,β-unsaturated/α-hetero) is 1. The van der Waals surface area contributed by atoms with Crippen LogP contribution in [-0.4, -0.2) is 41.5 Å². The highest BCUT2D eigenvalue weighted by atomic mass is 16.7. The molecule has 3 aromatic rings. The van der Waals surface area contributed by atoms with Gasteiger partial charge in [-0.1, -0.05) is 60.7 Å². The number of carbonyl (C=O) groups is 3. The van der Waals surface area contributed by atoms with Crippen LogP contribution in [-0.2, 0) is 11.2 Å². The molecule has 5 rings (SSSR count). The van der Waals surface area contributed by atoms with E-state index in [9.17, 15) is 14.4 Å². The normalized spacial score (nSPS) is 19.0. The quantitative estimate of drug-likeness (QED) is 0.463. The summed E-state index contributed by atoms with van der Waals surface area (Å²) in [4.78, 5) is 39.5. The third-order valence-electron chi connectivity index (χ3n) is 5.96. The first-order valence-corrected chi connectivity index (χ1v) is 10.6. The van der Waals surface area contributed by atoms with Crippen molar-refractivity contribution in [2.75, 3.05) is 13.3 Å². The lowest BCUT2D eigenvalue weighted by Crippen LogP contribution is -2.46. The molecular weight excluding hydrogens is 420 g/mol. The van der Waals surface area contributed by atoms with Gasteiger partial charge in [0, 0.05) is 12.0 Å². The Bertz CT molecular complexity index is 1240. The predicted octanol–water partition coefficient (Wildman–Crippen LogP) is 3.82. The minimum atomic E-state index is -1.15. The summed E-state index contributed by atoms with van der Waals surface area (Å²) in [6, 6.07) is 21.8. The molecular formula is C26H22N2O5. The summed E-state index contributed by atoms with van der Waals surface area (Å²) in [5, 5.41) is 2.75. The molecule has 7 heteroatoms. The molecule has 1 atom stereocenters. The summed E-state index contributed by atoms with van der Waals surface area (Å²) >= 11 is 0. The van der Waals surface area contributed by atoms with E-state index < -0.39 is 17.5 Å². The van der Waals surface area contributed by atoms with Crippen molar-refractivity contribution in [2.45, 2.75) is 18.9 Å². The van der Waals surface area contributed by atoms with Crippen molar-refractivity contribution in [1.82, 2.24) is 10.2 Å². The lowest BCUT2D eigenvalue weighted by Gasteiger charge is -2.21. The minimum Gasteiger partial charge on any atom is -0.454 e. The zero-order valence-electron chi connectivity index (χ0n) is 18.0. The van der Waals surface area contributed by atoms with E-state index in [1.165, 1.54) is 0 Å². The van der Waals surface area contributed by atoms with Crippen LogP contribution < -0.4 is 14.8 Å². The molecule has 0 aromatic heterocycles. The zero-order chi connectivity index (χ0) is 23.0. The molecule has 166 valence electrons. The number of urea groups is 1. The highest BCUT2D eigenvalue weighted by Crippen LogP contribution is 2.34. The molecule has 0 spiro atoms. The van der Waals surface area contributed by atoms with E-state index in [0.29, 0.717) is 17.1 Å². The Morgan fingerprint density at radius 2 is 1.64 bits per heavy atom. The summed E-state index contributed by atoms with van der Waals surface area (Å²) in [6.07, 6.45) is 0.269. The van der Waals surface area contributed by atoms with Crippen LogP contribution in [0.15, 0.2) is 72.8 Å². The van der Waals surface area contributed by atoms with Crippen LogP contribution in [0.25, 0.3) is 11.1 Å². The molecule has 0 bridgehead atoms. The molecule has 1 fully saturated rings. The standard InChI is InChI=1S/C26H22N2O5/c1-26(14-17-7-12-22-23(13-17)33-16-32-22)24(30)28(25(31)27-26)15-21(29)20-10-8-19(9-11-20)18-5-3-2-4-6-18/h2-13H,14-16H2,1H3,(H,27,31)/t26-/m1/s1. The van der Waals surface area contributed by atoms with Gasteiger partial charge in [0.25, 0.3) is 5.91 Å². The Morgan fingerprint density at radius 1 is 0.939 bits per heavy atom. The van der Waals surface area contributed by atoms with Crippen molar-refractivity contribution >= 4 is 17.7 Å². The van der Waals surface area contributed by atoms with Gasteiger partial charge in [0.05, 0.1) is 6.54 Å². The van der Waals surface area contributed by atoms with Gasteiger partial charge >= 0.3 is 6.03 Å². The second-order valence-corrected chi connectivity index (χ2v) is 8.38. The predicted molar refractivity (Wildman–Crippen MR) is 121 cm³/mol. The second-order valence-electron chi connectivity index (χ2n) is 8.38. The number of ether oxygens (including phenoxy) is 2. The Morgan fingerprint density at radius 3 is 2.39 bits per heavy atom. The summed E-state index contributed by atoms with van der Waals surface area (Å²) < 4.78 is 10.7. The third kappa shape index (κ3) is 3.93. The third-order valence-corrected chi connectivity index (χ3v) is 5.96. The number of imide groups is 1. The number of rotatable bonds is 6. The number of nitrogens with one attached hydrogen (secondary N) is 1. The van der Waals surface area contributed by atoms with Crippen molar-refractivity contribution in [3.05, 3.63) is 83.9 Å². The monoisotopic (exact) mass is 442 g/mol. The van der Waals surface area contributed by atoms with Crippen molar-refractivity contribution in [3.8, 4) is 22.6 Å². The molecule has 33 heavy (non-hydrogen) atoms. The van der Waals surface area contributed by atoms with Gasteiger partial charge in [-0.3, -0.25) is 14.5 Å². The Kier molecular flexibility index (Phi) is 5.09. The maximum Gasteiger partial charge on any atom is 0.325 e. The van der Waals surface area contributed by atoms with Gasteiger partial charge in [-0.05, 0) is 35.7 Å². The second kappa shape index (κ2) is 8.09. The first kappa shape index (κ1) is 20.8. The summed E-state index contributed by atoms with van der Waals surface area (Å²) in [5.41, 5.74) is 2.14. The van der Waals surface area contributed by atoms with E-state index in [1.807, 2.05) is 48.5 Å². The molecule has 0 radical (unpaired) electrons. The van der Waals surface area contributed by atoms with E-state index >= 15 is 0 Å². The van der Waals surface area contributed by atoms with Crippen molar-refractivity contribution in [3.63, 3.8) is 0 Å². The molecule has 2 aliphatic rings. The van der Waals surface area contributed by atoms with Gasteiger partial charge in [0.2, 0.25) is 6.79 Å². The largest absolute Gasteiger partial charge is 0.454 e. The molecule has 0 aliphatic carbocycles. The highest BCUT2D eigenvalue weighted by Gasteiger charge is 2.48. The number of amides is 3. The molecule has 2 aliphatic heterocycles. The molecule has 0 unspecified atom stereocenters. The average molecular weight is 442 g/mol. The molecule has 7 nitrogen and oxygen atoms in total. The average Bonchev–Trinajstić information content (AvgIpc) is 3.37. The smallest absolute Gasteiger partial charge is 0.325 e. The van der Waals surface area contributed by atoms with Gasteiger partial charge in [0.15, 0.2) is 17.3 Å². The lowest BCUT2D eigenvalue weighted by molar-refractivity contribution is -0.130. The number of nitrogens with zero attached hydrogens (tertiary/aromatic N) is 1. The Labute approximate surface area is 190 Å². The van der Waals surface area contributed by atoms with Crippen LogP contribution in [0, 0.1) is 0 Å². The van der Waals surface area contributed by atoms with Gasteiger partial charge < -0.3 is 14.8 Å². The lowest BCUT2D eigenvalue weighted by atomic mass is 9.92. The Hall–Kier alpha value is -4.13. The number of fused-ring (bicyclic) bond motifs is 1. The maximum absolute atomic E-state index is 13.1. The molecule has 1 N–H and O–H groups in total. The highest BCUT2D eigenvalue weighted by molar-refractivity contribution is 6.11. The van der Waals surface area contributed by atoms with E-state index in [4.69, 9.17) is 9.47 Å². The number of benzene rings is 3. The van der Waals surface area contributed by atoms with Crippen molar-refractivity contribution in [2.24, 2.45) is 0 Å². The van der Waals surface area contributed by atoms with Crippen LogP contribution in [0.2, 0.25) is 0 Å². The van der Waals surface area contributed by atoms with Gasteiger partial charge in [0.1, 0.15) is 5.54 Å². The van der Waals surface area contributed by atoms with Crippen LogP contribution >= 0.6 is 0 Å². The fraction of sp³-hybridized carbons (Fsp3) is 0.192. The van der Waals surface area contributed by atoms with E-state index in [1.54, 1.807) is 31.2 Å². The molecule has 2 heterocycles. The number of carbonyl (C=O) groups excluding carboxylic acids is 3. The fourth-order valence-electron chi connectivity index (χ4n) is 4.18. The summed E-state index contributed by atoms with van der Waals surface area (Å²) in [7, 11) is 0. The minimum absolute atomic E-state index is 0.161. The number of hydrogen-bond donors (Lipinski definition) is 1. The van der Waals surface area contributed by atoms with E-state index in [0.717, 1.165) is 21.6 Å². The molecule has 3 amide bonds. The molecule has 3 aromatic carbocycles. The van der Waals surface area contributed by atoms with Crippen LogP contribution in [0.4, 0.5) is 4.79 Å². The van der Waals surface area contributed by atoms with Crippen molar-refractivity contribution < 1.29 is 23.9 Å². The first-order valence-electron chi connectivity index (χ1n) is 10.6. The Balaban J connectivity index is 1.28. The number of ketones is 1. The molecule has 0 saturated carbocycles. The van der Waals surface area contributed by atoms with E-state index in [2.05, 4.69) is 5.32 Å². The van der Waals surface area contributed by atoms with Crippen LogP contribution in [0.1, 0.15) is 22.8 Å². The van der Waals surface area contributed by atoms with Gasteiger partial charge in [-0.2, -0.15) is 0 Å². The fourth-order valence-corrected chi connectivity index (χ4v) is 4.18. The van der Waals surface area contributed by atoms with Crippen molar-refractivity contribution in [1.29, 1.82) is 0 Å². The maximum atomic E-state index is 13.1. The molecule has 1 saturated heterocycles. The number of hydrogen-bond acceptors (Lipinski definition) is 5.